The van der Waals surface area contributed by atoms with Gasteiger partial charge in [-0.2, -0.15) is 0 Å². The lowest BCUT2D eigenvalue weighted by Crippen LogP contribution is -2.27. The van der Waals surface area contributed by atoms with Crippen molar-refractivity contribution in [2.24, 2.45) is 0 Å². The molecule has 0 atom stereocenters. The van der Waals surface area contributed by atoms with Gasteiger partial charge in [0.2, 0.25) is 0 Å². The van der Waals surface area contributed by atoms with Crippen molar-refractivity contribution in [2.75, 3.05) is 4.90 Å². The largest absolute Gasteiger partial charge is 0.457 e. The van der Waals surface area contributed by atoms with Crippen LogP contribution in [0.5, 0.6) is 11.5 Å². The summed E-state index contributed by atoms with van der Waals surface area (Å²) in [5.41, 5.74) is 18.9. The second-order valence-electron chi connectivity index (χ2n) is 22.2. The van der Waals surface area contributed by atoms with E-state index in [4.69, 9.17) is 9.72 Å². The third-order valence-electron chi connectivity index (χ3n) is 17.0. The molecule has 13 aromatic rings. The maximum atomic E-state index is 6.94. The normalized spacial score (nSPS) is 15.1. The maximum absolute atomic E-state index is 6.94. The van der Waals surface area contributed by atoms with E-state index in [1.165, 1.54) is 98.8 Å². The van der Waals surface area contributed by atoms with Crippen molar-refractivity contribution in [2.45, 2.75) is 44.7 Å². The summed E-state index contributed by atoms with van der Waals surface area (Å²) in [6, 6.07) is 85.4. The fraction of sp³-hybridized carbons (Fsp3) is 0.0972. The van der Waals surface area contributed by atoms with Gasteiger partial charge in [0.05, 0.1) is 27.8 Å². The molecule has 1 aliphatic heterocycles. The molecular weight excluding hydrogens is 937 g/mol. The van der Waals surface area contributed by atoms with Gasteiger partial charge in [-0.15, -0.1) is 0 Å². The molecule has 4 heterocycles. The molecule has 0 radical (unpaired) electrons. The number of anilines is 2. The SMILES string of the molecule is CC(C)(C)c1ccnc(-n2c3ccccc3c3ccc(Oc4cccc(N5Cn6c7c(-c8ccc9c(c8)C8c%10ccccc%10C9c9ccccc98)cccc7c7ccccc7c7ccccc7c7cccc5c76)c4)cc32)c1. The van der Waals surface area contributed by atoms with E-state index in [-0.39, 0.29) is 17.3 Å². The fourth-order valence-corrected chi connectivity index (χ4v) is 13.6. The summed E-state index contributed by atoms with van der Waals surface area (Å²) < 4.78 is 11.8. The van der Waals surface area contributed by atoms with Crippen molar-refractivity contribution in [1.82, 2.24) is 14.1 Å². The Morgan fingerprint density at radius 1 is 0.429 bits per heavy atom. The number of fused-ring (bicyclic) bond motifs is 10. The van der Waals surface area contributed by atoms with E-state index in [2.05, 4.69) is 265 Å². The summed E-state index contributed by atoms with van der Waals surface area (Å²) in [6.07, 6.45) is 1.93. The number of para-hydroxylation sites is 3. The minimum atomic E-state index is -0.0233. The molecule has 10 aromatic carbocycles. The summed E-state index contributed by atoms with van der Waals surface area (Å²) in [4.78, 5) is 7.41. The predicted molar refractivity (Wildman–Crippen MR) is 318 cm³/mol. The standard InChI is InChI=1S/C72H52N4O/c1-72(2,3)45-37-38-73-67(40-45)76-64-31-13-12-23-54(64)55-36-34-48(42-66(55)76)77-47-18-14-17-46(41-47)74-43-75-70-49(44-33-35-60-63(39-44)69-58-26-10-8-24-56(58)68(60)57-25-9-11-27-59(57)69)28-15-29-61(70)52-21-6-4-19-50(52)51-20-5-7-22-53(51)62-30-16-32-65(74)71(62)75/h4-42,68-69H,43H2,1-3H3. The predicted octanol–water partition coefficient (Wildman–Crippen LogP) is 18.6. The van der Waals surface area contributed by atoms with Gasteiger partial charge in [-0.3, -0.25) is 4.57 Å². The molecule has 3 aliphatic carbocycles. The van der Waals surface area contributed by atoms with E-state index in [0.29, 0.717) is 6.67 Å². The first-order valence-corrected chi connectivity index (χ1v) is 26.9. The summed E-state index contributed by atoms with van der Waals surface area (Å²) in [6.45, 7) is 7.34. The molecule has 3 aromatic heterocycles. The van der Waals surface area contributed by atoms with Crippen LogP contribution in [0.4, 0.5) is 11.4 Å². The highest BCUT2D eigenvalue weighted by atomic mass is 16.5. The first kappa shape index (κ1) is 43.9. The number of aromatic nitrogens is 3. The van der Waals surface area contributed by atoms with Gasteiger partial charge in [0.15, 0.2) is 0 Å². The molecule has 17 rings (SSSR count). The number of ether oxygens (including phenoxy) is 1. The van der Waals surface area contributed by atoms with Crippen molar-refractivity contribution in [3.63, 3.8) is 0 Å². The van der Waals surface area contributed by atoms with Crippen LogP contribution in [0.1, 0.15) is 71.6 Å². The average Bonchev–Trinajstić information content (AvgIpc) is 4.14. The van der Waals surface area contributed by atoms with Crippen LogP contribution in [0, 0.1) is 0 Å². The Hall–Kier alpha value is -9.45. The minimum Gasteiger partial charge on any atom is -0.457 e. The number of rotatable bonds is 5. The molecule has 5 heteroatoms. The van der Waals surface area contributed by atoms with Crippen LogP contribution in [0.2, 0.25) is 0 Å². The van der Waals surface area contributed by atoms with E-state index in [1.54, 1.807) is 0 Å². The Kier molecular flexibility index (Phi) is 9.42. The first-order valence-electron chi connectivity index (χ1n) is 26.9. The van der Waals surface area contributed by atoms with Crippen molar-refractivity contribution in [3.8, 4) is 28.4 Å². The van der Waals surface area contributed by atoms with Crippen LogP contribution in [0.25, 0.3) is 82.1 Å². The monoisotopic (exact) mass is 988 g/mol. The third kappa shape index (κ3) is 6.56. The number of hydrogen-bond acceptors (Lipinski definition) is 3. The van der Waals surface area contributed by atoms with Gasteiger partial charge in [-0.1, -0.05) is 185 Å². The van der Waals surface area contributed by atoms with Gasteiger partial charge in [0.25, 0.3) is 0 Å². The van der Waals surface area contributed by atoms with Crippen LogP contribution >= 0.6 is 0 Å². The quantitative estimate of drug-likeness (QED) is 0.172. The Bertz CT molecular complexity index is 4670. The van der Waals surface area contributed by atoms with Crippen molar-refractivity contribution in [1.29, 1.82) is 0 Å². The van der Waals surface area contributed by atoms with Crippen molar-refractivity contribution in [3.05, 3.63) is 276 Å². The van der Waals surface area contributed by atoms with Crippen molar-refractivity contribution < 1.29 is 4.74 Å². The molecule has 0 spiro atoms. The molecule has 0 amide bonds. The van der Waals surface area contributed by atoms with Crippen molar-refractivity contribution >= 4 is 76.5 Å². The van der Waals surface area contributed by atoms with Crippen LogP contribution < -0.4 is 9.64 Å². The zero-order valence-corrected chi connectivity index (χ0v) is 43.1. The van der Waals surface area contributed by atoms with E-state index < -0.39 is 0 Å². The van der Waals surface area contributed by atoms with E-state index in [0.717, 1.165) is 45.1 Å². The van der Waals surface area contributed by atoms with Gasteiger partial charge in [0, 0.05) is 63.0 Å². The molecule has 5 nitrogen and oxygen atoms in total. The lowest BCUT2D eigenvalue weighted by atomic mass is 9.61. The zero-order chi connectivity index (χ0) is 51.1. The first-order chi connectivity index (χ1) is 37.8. The van der Waals surface area contributed by atoms with Gasteiger partial charge < -0.3 is 14.2 Å². The average molecular weight is 989 g/mol. The fourth-order valence-electron chi connectivity index (χ4n) is 13.6. The highest BCUT2D eigenvalue weighted by Gasteiger charge is 2.41. The molecule has 366 valence electrons. The van der Waals surface area contributed by atoms with E-state index in [9.17, 15) is 0 Å². The van der Waals surface area contributed by atoms with E-state index in [1.807, 2.05) is 6.20 Å². The second kappa shape index (κ2) is 16.5. The highest BCUT2D eigenvalue weighted by Crippen LogP contribution is 2.56. The number of benzene rings is 10. The maximum Gasteiger partial charge on any atom is 0.137 e. The van der Waals surface area contributed by atoms with Gasteiger partial charge in [-0.25, -0.2) is 4.98 Å². The Labute approximate surface area is 446 Å². The third-order valence-corrected chi connectivity index (χ3v) is 17.0. The molecule has 0 saturated heterocycles. The molecule has 2 bridgehead atoms. The summed E-state index contributed by atoms with van der Waals surface area (Å²) in [5, 5.41) is 9.63. The number of hydrogen-bond donors (Lipinski definition) is 0. The van der Waals surface area contributed by atoms with Gasteiger partial charge in [0.1, 0.15) is 24.0 Å². The topological polar surface area (TPSA) is 35.2 Å². The van der Waals surface area contributed by atoms with Gasteiger partial charge in [-0.05, 0) is 126 Å². The van der Waals surface area contributed by atoms with Gasteiger partial charge >= 0.3 is 0 Å². The summed E-state index contributed by atoms with van der Waals surface area (Å²) in [5.74, 6) is 2.81. The highest BCUT2D eigenvalue weighted by molar-refractivity contribution is 6.22. The second-order valence-corrected chi connectivity index (χ2v) is 22.2. The van der Waals surface area contributed by atoms with E-state index >= 15 is 0 Å². The molecule has 0 N–H and O–H groups in total. The Morgan fingerprint density at radius 3 is 1.69 bits per heavy atom. The Morgan fingerprint density at radius 2 is 0.987 bits per heavy atom. The van der Waals surface area contributed by atoms with Crippen LogP contribution in [-0.2, 0) is 12.1 Å². The van der Waals surface area contributed by atoms with Crippen LogP contribution in [0.15, 0.2) is 237 Å². The molecule has 0 saturated carbocycles. The minimum absolute atomic E-state index is 0.0233. The molecule has 77 heavy (non-hydrogen) atoms. The molecule has 0 unspecified atom stereocenters. The number of pyridine rings is 1. The Balaban J connectivity index is 0.875. The zero-order valence-electron chi connectivity index (χ0n) is 43.1. The summed E-state index contributed by atoms with van der Waals surface area (Å²) in [7, 11) is 0. The molecule has 4 aliphatic rings. The van der Waals surface area contributed by atoms with Crippen LogP contribution in [0.3, 0.4) is 0 Å². The molecule has 0 fully saturated rings. The lowest BCUT2D eigenvalue weighted by molar-refractivity contribution is 0.483. The number of nitrogens with zero attached hydrogens (tertiary/aromatic N) is 4. The molecular formula is C72H52N4O. The smallest absolute Gasteiger partial charge is 0.137 e. The van der Waals surface area contributed by atoms with Crippen LogP contribution in [-0.4, -0.2) is 14.1 Å². The lowest BCUT2D eigenvalue weighted by Gasteiger charge is -2.42. The summed E-state index contributed by atoms with van der Waals surface area (Å²) >= 11 is 0.